The highest BCUT2D eigenvalue weighted by Crippen LogP contribution is 2.22. The molecule has 0 bridgehead atoms. The van der Waals surface area contributed by atoms with Crippen LogP contribution in [0.2, 0.25) is 0 Å². The lowest BCUT2D eigenvalue weighted by molar-refractivity contribution is 0.573. The Morgan fingerprint density at radius 2 is 2.12 bits per heavy atom. The van der Waals surface area contributed by atoms with Crippen molar-refractivity contribution >= 4 is 21.4 Å². The molecule has 1 unspecified atom stereocenters. The topological polar surface area (TPSA) is 59.1 Å². The van der Waals surface area contributed by atoms with Gasteiger partial charge in [-0.3, -0.25) is 0 Å². The first-order chi connectivity index (χ1) is 7.35. The first-order valence-electron chi connectivity index (χ1n) is 4.96. The highest BCUT2D eigenvalue weighted by atomic mass is 32.2. The van der Waals surface area contributed by atoms with E-state index in [1.165, 1.54) is 0 Å². The summed E-state index contributed by atoms with van der Waals surface area (Å²) in [5.41, 5.74) is 0.749. The lowest BCUT2D eigenvalue weighted by Gasteiger charge is -2.09. The van der Waals surface area contributed by atoms with E-state index in [0.717, 1.165) is 16.1 Å². The Bertz CT molecular complexity index is 463. The molecule has 1 rings (SSSR count). The normalized spacial score (nSPS) is 14.0. The number of thiazole rings is 1. The Morgan fingerprint density at radius 1 is 1.50 bits per heavy atom. The van der Waals surface area contributed by atoms with Crippen LogP contribution in [0.1, 0.15) is 43.4 Å². The van der Waals surface area contributed by atoms with E-state index in [1.807, 2.05) is 5.38 Å². The van der Waals surface area contributed by atoms with Gasteiger partial charge >= 0.3 is 0 Å². The Hall–Kier alpha value is -0.720. The van der Waals surface area contributed by atoms with Crippen LogP contribution in [0.4, 0.5) is 0 Å². The van der Waals surface area contributed by atoms with Gasteiger partial charge < -0.3 is 0 Å². The molecule has 4 nitrogen and oxygen atoms in total. The van der Waals surface area contributed by atoms with Crippen molar-refractivity contribution in [1.82, 2.24) is 9.71 Å². The van der Waals surface area contributed by atoms with E-state index < -0.39 is 10.0 Å². The van der Waals surface area contributed by atoms with Crippen LogP contribution in [-0.4, -0.2) is 13.4 Å². The van der Waals surface area contributed by atoms with Crippen molar-refractivity contribution in [2.24, 2.45) is 0 Å². The fraction of sp³-hybridized carbons (Fsp3) is 0.500. The van der Waals surface area contributed by atoms with E-state index in [0.29, 0.717) is 5.92 Å². The molecule has 0 aliphatic heterocycles. The molecule has 1 aromatic heterocycles. The summed E-state index contributed by atoms with van der Waals surface area (Å²) in [4.78, 5) is 4.39. The average Bonchev–Trinajstić information content (AvgIpc) is 2.66. The molecule has 1 aromatic rings. The van der Waals surface area contributed by atoms with Crippen LogP contribution >= 0.6 is 11.3 Å². The lowest BCUT2D eigenvalue weighted by atomic mass is 10.2. The molecule has 90 valence electrons. The van der Waals surface area contributed by atoms with Gasteiger partial charge in [-0.25, -0.2) is 18.1 Å². The molecule has 16 heavy (non-hydrogen) atoms. The van der Waals surface area contributed by atoms with Crippen LogP contribution in [-0.2, 0) is 10.0 Å². The molecule has 6 heteroatoms. The molecule has 0 aliphatic carbocycles. The molecular formula is C10H16N2O2S2. The minimum absolute atomic E-state index is 0.327. The number of nitrogens with zero attached hydrogens (tertiary/aromatic N) is 1. The fourth-order valence-corrected chi connectivity index (χ4v) is 2.76. The zero-order valence-corrected chi connectivity index (χ0v) is 11.2. The second-order valence-corrected chi connectivity index (χ2v) is 6.37. The highest BCUT2D eigenvalue weighted by Gasteiger charge is 2.16. The Balaban J connectivity index is 2.81. The van der Waals surface area contributed by atoms with E-state index in [9.17, 15) is 8.42 Å². The maximum Gasteiger partial charge on any atom is 0.233 e. The van der Waals surface area contributed by atoms with Crippen molar-refractivity contribution in [3.8, 4) is 0 Å². The summed E-state index contributed by atoms with van der Waals surface area (Å²) in [6, 6.07) is -0.327. The van der Waals surface area contributed by atoms with Gasteiger partial charge in [0.15, 0.2) is 0 Å². The maximum atomic E-state index is 11.3. The zero-order chi connectivity index (χ0) is 12.3. The summed E-state index contributed by atoms with van der Waals surface area (Å²) in [5, 5.41) is 3.80. The number of hydrogen-bond acceptors (Lipinski definition) is 4. The van der Waals surface area contributed by atoms with Gasteiger partial charge in [-0.05, 0) is 6.92 Å². The molecule has 0 aromatic carbocycles. The van der Waals surface area contributed by atoms with Crippen molar-refractivity contribution in [3.63, 3.8) is 0 Å². The third-order valence-electron chi connectivity index (χ3n) is 2.04. The van der Waals surface area contributed by atoms with Gasteiger partial charge in [-0.15, -0.1) is 11.3 Å². The van der Waals surface area contributed by atoms with Gasteiger partial charge in [-0.2, -0.15) is 0 Å². The van der Waals surface area contributed by atoms with Crippen molar-refractivity contribution in [2.45, 2.75) is 32.7 Å². The van der Waals surface area contributed by atoms with E-state index in [4.69, 9.17) is 0 Å². The largest absolute Gasteiger partial charge is 0.244 e. The Kier molecular flexibility index (Phi) is 4.23. The summed E-state index contributed by atoms with van der Waals surface area (Å²) < 4.78 is 25.0. The average molecular weight is 260 g/mol. The van der Waals surface area contributed by atoms with Gasteiger partial charge in [0.2, 0.25) is 10.0 Å². The van der Waals surface area contributed by atoms with Crippen molar-refractivity contribution in [2.75, 3.05) is 0 Å². The lowest BCUT2D eigenvalue weighted by Crippen LogP contribution is -2.24. The first-order valence-corrected chi connectivity index (χ1v) is 7.38. The van der Waals surface area contributed by atoms with E-state index in [2.05, 4.69) is 30.1 Å². The van der Waals surface area contributed by atoms with Gasteiger partial charge in [0, 0.05) is 16.7 Å². The van der Waals surface area contributed by atoms with Crippen LogP contribution in [0.3, 0.4) is 0 Å². The van der Waals surface area contributed by atoms with Gasteiger partial charge in [0.25, 0.3) is 0 Å². The quantitative estimate of drug-likeness (QED) is 0.884. The maximum absolute atomic E-state index is 11.3. The summed E-state index contributed by atoms with van der Waals surface area (Å²) in [5.74, 6) is 0.363. The van der Waals surface area contributed by atoms with Crippen molar-refractivity contribution < 1.29 is 8.42 Å². The molecule has 0 saturated heterocycles. The molecule has 1 N–H and O–H groups in total. The first kappa shape index (κ1) is 13.3. The summed E-state index contributed by atoms with van der Waals surface area (Å²) >= 11 is 1.55. The molecule has 0 amide bonds. The molecular weight excluding hydrogens is 244 g/mol. The number of aromatic nitrogens is 1. The number of hydrogen-bond donors (Lipinski definition) is 1. The monoisotopic (exact) mass is 260 g/mol. The molecule has 1 atom stereocenters. The number of rotatable bonds is 5. The minimum Gasteiger partial charge on any atom is -0.244 e. The zero-order valence-electron chi connectivity index (χ0n) is 9.60. The standard InChI is InChI=1S/C10H16N2O2S2/c1-5-16(13,14)12-8(4)9-6-15-10(11-9)7(2)3/h5-8,12H,1H2,2-4H3. The molecule has 0 saturated carbocycles. The molecule has 0 spiro atoms. The van der Waals surface area contributed by atoms with E-state index >= 15 is 0 Å². The molecule has 0 aliphatic rings. The van der Waals surface area contributed by atoms with Crippen LogP contribution in [0, 0.1) is 0 Å². The summed E-state index contributed by atoms with van der Waals surface area (Å²) in [7, 11) is -3.40. The van der Waals surface area contributed by atoms with Gasteiger partial charge in [-0.1, -0.05) is 20.4 Å². The predicted octanol–water partition coefficient (Wildman–Crippen LogP) is 2.39. The summed E-state index contributed by atoms with van der Waals surface area (Å²) in [6.07, 6.45) is 0. The molecule has 1 heterocycles. The van der Waals surface area contributed by atoms with Crippen LogP contribution < -0.4 is 4.72 Å². The highest BCUT2D eigenvalue weighted by molar-refractivity contribution is 7.92. The van der Waals surface area contributed by atoms with Gasteiger partial charge in [0.05, 0.1) is 16.7 Å². The van der Waals surface area contributed by atoms with Crippen LogP contribution in [0.5, 0.6) is 0 Å². The second-order valence-electron chi connectivity index (χ2n) is 3.82. The van der Waals surface area contributed by atoms with E-state index in [-0.39, 0.29) is 6.04 Å². The molecule has 0 radical (unpaired) electrons. The van der Waals surface area contributed by atoms with Crippen LogP contribution in [0.25, 0.3) is 0 Å². The predicted molar refractivity (Wildman–Crippen MR) is 66.9 cm³/mol. The van der Waals surface area contributed by atoms with Crippen molar-refractivity contribution in [1.29, 1.82) is 0 Å². The molecule has 0 fully saturated rings. The van der Waals surface area contributed by atoms with Crippen molar-refractivity contribution in [3.05, 3.63) is 28.1 Å². The minimum atomic E-state index is -3.40. The third-order valence-corrected chi connectivity index (χ3v) is 4.32. The van der Waals surface area contributed by atoms with E-state index in [1.54, 1.807) is 18.3 Å². The third kappa shape index (κ3) is 3.40. The van der Waals surface area contributed by atoms with Crippen LogP contribution in [0.15, 0.2) is 17.4 Å². The van der Waals surface area contributed by atoms with Gasteiger partial charge in [0.1, 0.15) is 0 Å². The smallest absolute Gasteiger partial charge is 0.233 e. The Labute approximate surface area is 100 Å². The Morgan fingerprint density at radius 3 is 2.56 bits per heavy atom. The second kappa shape index (κ2) is 5.07. The fourth-order valence-electron chi connectivity index (χ4n) is 1.12. The number of nitrogens with one attached hydrogen (secondary N) is 1. The number of sulfonamides is 1. The SMILES string of the molecule is C=CS(=O)(=O)NC(C)c1csc(C(C)C)n1. The summed E-state index contributed by atoms with van der Waals surface area (Å²) in [6.45, 7) is 9.12.